The number of halogens is 1. The number of likely N-dealkylation sites (N-methyl/N-ethyl adjacent to an activating group) is 1. The zero-order chi connectivity index (χ0) is 19.6. The van der Waals surface area contributed by atoms with Gasteiger partial charge in [0.15, 0.2) is 5.69 Å². The first kappa shape index (κ1) is 18.7. The van der Waals surface area contributed by atoms with Crippen LogP contribution < -0.4 is 10.9 Å². The number of hydrogen-bond donors (Lipinski definition) is 1. The molecule has 1 heterocycles. The number of nitrogens with zero attached hydrogens (tertiary/aromatic N) is 3. The molecule has 1 amide bonds. The van der Waals surface area contributed by atoms with E-state index >= 15 is 0 Å². The smallest absolute Gasteiger partial charge is 0.274 e. The molecular weight excluding hydrogens is 347 g/mol. The molecule has 0 saturated carbocycles. The normalized spacial score (nSPS) is 12.3. The van der Waals surface area contributed by atoms with Crippen LogP contribution in [0, 0.1) is 5.82 Å². The van der Waals surface area contributed by atoms with Crippen molar-refractivity contribution < 1.29 is 9.18 Å². The Bertz CT molecular complexity index is 1050. The molecule has 0 fully saturated rings. The Morgan fingerprint density at radius 1 is 1.19 bits per heavy atom. The van der Waals surface area contributed by atoms with E-state index in [1.807, 2.05) is 25.1 Å². The first-order valence-electron chi connectivity index (χ1n) is 8.54. The lowest BCUT2D eigenvalue weighted by atomic mass is 10.1. The van der Waals surface area contributed by atoms with E-state index in [2.05, 4.69) is 10.4 Å². The summed E-state index contributed by atoms with van der Waals surface area (Å²) in [6, 6.07) is 13.0. The molecule has 1 N–H and O–H groups in total. The fraction of sp³-hybridized carbons (Fsp3) is 0.250. The molecule has 2 aromatic carbocycles. The van der Waals surface area contributed by atoms with Gasteiger partial charge in [0, 0.05) is 19.0 Å². The van der Waals surface area contributed by atoms with E-state index in [0.29, 0.717) is 10.8 Å². The quantitative estimate of drug-likeness (QED) is 0.749. The number of amides is 1. The molecule has 0 aliphatic rings. The molecule has 3 aromatic rings. The first-order chi connectivity index (χ1) is 12.9. The van der Waals surface area contributed by atoms with E-state index in [9.17, 15) is 14.0 Å². The topological polar surface area (TPSA) is 67.2 Å². The average Bonchev–Trinajstić information content (AvgIpc) is 2.64. The van der Waals surface area contributed by atoms with Crippen molar-refractivity contribution in [3.63, 3.8) is 0 Å². The second-order valence-electron chi connectivity index (χ2n) is 6.57. The van der Waals surface area contributed by atoms with Crippen molar-refractivity contribution in [3.05, 3.63) is 76.0 Å². The standard InChI is InChI=1S/C20H21FN4O2/c1-24(2)17(13-7-6-8-14(21)11-13)12-22-19(26)18-15-9-4-5-10-16(15)20(27)25(3)23-18/h4-11,17H,12H2,1-3H3,(H,22,26)/t17-/m0/s1. The highest BCUT2D eigenvalue weighted by atomic mass is 19.1. The third-order valence-corrected chi connectivity index (χ3v) is 4.48. The Kier molecular flexibility index (Phi) is 5.32. The molecule has 0 bridgehead atoms. The van der Waals surface area contributed by atoms with E-state index in [0.717, 1.165) is 10.2 Å². The summed E-state index contributed by atoms with van der Waals surface area (Å²) >= 11 is 0. The van der Waals surface area contributed by atoms with E-state index in [4.69, 9.17) is 0 Å². The van der Waals surface area contributed by atoms with Crippen molar-refractivity contribution >= 4 is 16.7 Å². The lowest BCUT2D eigenvalue weighted by Gasteiger charge is -2.25. The van der Waals surface area contributed by atoms with Gasteiger partial charge < -0.3 is 10.2 Å². The summed E-state index contributed by atoms with van der Waals surface area (Å²) in [5.74, 6) is -0.707. The van der Waals surface area contributed by atoms with Crippen LogP contribution in [0.2, 0.25) is 0 Å². The number of fused-ring (bicyclic) bond motifs is 1. The fourth-order valence-corrected chi connectivity index (χ4v) is 3.05. The molecule has 1 atom stereocenters. The Balaban J connectivity index is 1.88. The molecule has 140 valence electrons. The Morgan fingerprint density at radius 2 is 1.89 bits per heavy atom. The molecule has 1 aromatic heterocycles. The number of aromatic nitrogens is 2. The van der Waals surface area contributed by atoms with Gasteiger partial charge in [-0.1, -0.05) is 30.3 Å². The molecular formula is C20H21FN4O2. The highest BCUT2D eigenvalue weighted by molar-refractivity contribution is 6.04. The van der Waals surface area contributed by atoms with Crippen LogP contribution in [0.4, 0.5) is 4.39 Å². The maximum Gasteiger partial charge on any atom is 0.274 e. The number of nitrogens with one attached hydrogen (secondary N) is 1. The van der Waals surface area contributed by atoms with Gasteiger partial charge in [-0.2, -0.15) is 5.10 Å². The zero-order valence-electron chi connectivity index (χ0n) is 15.4. The van der Waals surface area contributed by atoms with E-state index in [1.165, 1.54) is 19.2 Å². The third kappa shape index (κ3) is 3.88. The van der Waals surface area contributed by atoms with Crippen LogP contribution in [0.5, 0.6) is 0 Å². The van der Waals surface area contributed by atoms with Crippen LogP contribution in [-0.2, 0) is 7.05 Å². The molecule has 0 unspecified atom stereocenters. The minimum atomic E-state index is -0.384. The molecule has 0 radical (unpaired) electrons. The monoisotopic (exact) mass is 368 g/mol. The van der Waals surface area contributed by atoms with Crippen LogP contribution >= 0.6 is 0 Å². The molecule has 7 heteroatoms. The highest BCUT2D eigenvalue weighted by Gasteiger charge is 2.19. The largest absolute Gasteiger partial charge is 0.349 e. The van der Waals surface area contributed by atoms with Gasteiger partial charge in [-0.15, -0.1) is 0 Å². The second-order valence-corrected chi connectivity index (χ2v) is 6.57. The summed E-state index contributed by atoms with van der Waals surface area (Å²) < 4.78 is 14.7. The van der Waals surface area contributed by atoms with Crippen molar-refractivity contribution in [2.75, 3.05) is 20.6 Å². The van der Waals surface area contributed by atoms with Crippen LogP contribution in [0.1, 0.15) is 22.1 Å². The minimum Gasteiger partial charge on any atom is -0.349 e. The van der Waals surface area contributed by atoms with Crippen molar-refractivity contribution in [3.8, 4) is 0 Å². The number of rotatable bonds is 5. The number of aryl methyl sites for hydroxylation is 1. The van der Waals surface area contributed by atoms with Gasteiger partial charge in [-0.3, -0.25) is 9.59 Å². The molecule has 27 heavy (non-hydrogen) atoms. The molecule has 0 aliphatic heterocycles. The number of hydrogen-bond acceptors (Lipinski definition) is 4. The number of carbonyl (C=O) groups is 1. The van der Waals surface area contributed by atoms with E-state index in [1.54, 1.807) is 30.3 Å². The average molecular weight is 368 g/mol. The van der Waals surface area contributed by atoms with Gasteiger partial charge >= 0.3 is 0 Å². The second kappa shape index (κ2) is 7.67. The SMILES string of the molecule is CN(C)[C@@H](CNC(=O)c1nn(C)c(=O)c2ccccc12)c1cccc(F)c1. The molecule has 3 rings (SSSR count). The summed E-state index contributed by atoms with van der Waals surface area (Å²) in [6.07, 6.45) is 0. The molecule has 6 nitrogen and oxygen atoms in total. The van der Waals surface area contributed by atoms with Crippen molar-refractivity contribution in [2.45, 2.75) is 6.04 Å². The lowest BCUT2D eigenvalue weighted by Crippen LogP contribution is -2.36. The minimum absolute atomic E-state index is 0.185. The van der Waals surface area contributed by atoms with Gasteiger partial charge in [-0.25, -0.2) is 9.07 Å². The van der Waals surface area contributed by atoms with Crippen molar-refractivity contribution in [1.82, 2.24) is 20.0 Å². The van der Waals surface area contributed by atoms with E-state index in [-0.39, 0.29) is 35.6 Å². The maximum absolute atomic E-state index is 13.6. The van der Waals surface area contributed by atoms with E-state index < -0.39 is 0 Å². The Morgan fingerprint density at radius 3 is 2.56 bits per heavy atom. The van der Waals surface area contributed by atoms with Crippen molar-refractivity contribution in [1.29, 1.82) is 0 Å². The number of carbonyl (C=O) groups excluding carboxylic acids is 1. The summed E-state index contributed by atoms with van der Waals surface area (Å²) in [7, 11) is 5.24. The van der Waals surface area contributed by atoms with Gasteiger partial charge in [0.25, 0.3) is 11.5 Å². The lowest BCUT2D eigenvalue weighted by molar-refractivity contribution is 0.0936. The third-order valence-electron chi connectivity index (χ3n) is 4.48. The predicted molar refractivity (Wildman–Crippen MR) is 102 cm³/mol. The van der Waals surface area contributed by atoms with Crippen LogP contribution in [0.3, 0.4) is 0 Å². The van der Waals surface area contributed by atoms with Gasteiger partial charge in [0.05, 0.1) is 11.4 Å². The number of benzene rings is 2. The molecule has 0 saturated heterocycles. The summed E-state index contributed by atoms with van der Waals surface area (Å²) in [5, 5.41) is 7.93. The zero-order valence-corrected chi connectivity index (χ0v) is 15.4. The van der Waals surface area contributed by atoms with Crippen LogP contribution in [0.15, 0.2) is 53.3 Å². The predicted octanol–water partition coefficient (Wildman–Crippen LogP) is 2.11. The Labute approximate surface area is 156 Å². The van der Waals surface area contributed by atoms with Gasteiger partial charge in [-0.05, 0) is 37.9 Å². The van der Waals surface area contributed by atoms with Crippen molar-refractivity contribution in [2.24, 2.45) is 7.05 Å². The maximum atomic E-state index is 13.6. The Hall–Kier alpha value is -3.06. The van der Waals surface area contributed by atoms with Crippen LogP contribution in [0.25, 0.3) is 10.8 Å². The highest BCUT2D eigenvalue weighted by Crippen LogP contribution is 2.19. The summed E-state index contributed by atoms with van der Waals surface area (Å²) in [4.78, 5) is 26.9. The molecule has 0 spiro atoms. The summed E-state index contributed by atoms with van der Waals surface area (Å²) in [6.45, 7) is 0.272. The summed E-state index contributed by atoms with van der Waals surface area (Å²) in [5.41, 5.74) is 0.691. The molecule has 0 aliphatic carbocycles. The van der Waals surface area contributed by atoms with Crippen LogP contribution in [-0.4, -0.2) is 41.2 Å². The fourth-order valence-electron chi connectivity index (χ4n) is 3.05. The van der Waals surface area contributed by atoms with Gasteiger partial charge in [0.1, 0.15) is 5.82 Å². The van der Waals surface area contributed by atoms with Gasteiger partial charge in [0.2, 0.25) is 0 Å². The first-order valence-corrected chi connectivity index (χ1v) is 8.54.